The van der Waals surface area contributed by atoms with Gasteiger partial charge in [-0.3, -0.25) is 4.79 Å². The van der Waals surface area contributed by atoms with E-state index in [4.69, 9.17) is 15.0 Å². The van der Waals surface area contributed by atoms with E-state index in [-0.39, 0.29) is 53.7 Å². The molecule has 1 atom stereocenters. The lowest BCUT2D eigenvalue weighted by Gasteiger charge is -2.28. The molecule has 1 aliphatic heterocycles. The maximum Gasteiger partial charge on any atom is 0.586 e. The summed E-state index contributed by atoms with van der Waals surface area (Å²) in [6.07, 6.45) is -5.05. The van der Waals surface area contributed by atoms with Crippen LogP contribution < -0.4 is 9.47 Å². The zero-order chi connectivity index (χ0) is 39.4. The first kappa shape index (κ1) is 30.0. The summed E-state index contributed by atoms with van der Waals surface area (Å²) in [5.74, 6) is -1.39. The molecule has 7 rings (SSSR count). The van der Waals surface area contributed by atoms with Gasteiger partial charge in [-0.25, -0.2) is 4.39 Å². The van der Waals surface area contributed by atoms with Gasteiger partial charge in [0.2, 0.25) is 0 Å². The summed E-state index contributed by atoms with van der Waals surface area (Å²) in [6.45, 7) is -2.30. The van der Waals surface area contributed by atoms with Gasteiger partial charge < -0.3 is 28.6 Å². The number of hydrogen-bond donors (Lipinski definition) is 1. The third-order valence-electron chi connectivity index (χ3n) is 9.36. The van der Waals surface area contributed by atoms with Gasteiger partial charge in [-0.05, 0) is 65.4 Å². The molecule has 0 radical (unpaired) electrons. The molecule has 7 nitrogen and oxygen atoms in total. The van der Waals surface area contributed by atoms with Crippen molar-refractivity contribution in [3.8, 4) is 11.5 Å². The van der Waals surface area contributed by atoms with E-state index in [9.17, 15) is 18.7 Å². The van der Waals surface area contributed by atoms with Gasteiger partial charge in [0.15, 0.2) is 11.5 Å². The summed E-state index contributed by atoms with van der Waals surface area (Å²) < 4.78 is 101. The number of aliphatic hydroxyl groups excluding tert-OH is 1. The minimum atomic E-state index is -3.81. The molecular weight excluding hydrogens is 659 g/mol. The molecule has 266 valence electrons. The highest BCUT2D eigenvalue weighted by Gasteiger charge is 2.52. The summed E-state index contributed by atoms with van der Waals surface area (Å²) in [5.41, 5.74) is -0.0219. The highest BCUT2D eigenvalue weighted by Crippen LogP contribution is 2.53. The van der Waals surface area contributed by atoms with Crippen LogP contribution in [0.15, 0.2) is 97.1 Å². The topological polar surface area (TPSA) is 79.2 Å². The average Bonchev–Trinajstić information content (AvgIpc) is 3.80. The lowest BCUT2D eigenvalue weighted by atomic mass is 9.87. The molecule has 1 fully saturated rings. The van der Waals surface area contributed by atoms with Crippen LogP contribution in [0.5, 0.6) is 11.5 Å². The molecule has 0 saturated heterocycles. The fourth-order valence-corrected chi connectivity index (χ4v) is 6.56. The molecule has 0 spiro atoms. The SMILES string of the molecule is [2H]C([2H])(OCc1ccccc1)C(O)Cn1c(C(C)(C)C([2H])([2H])OCc2ccccc2)cc2cc(CC(=O)C3(c4ccc5c(c4)OC(F)(F)O5)CC3)c(F)cc21. The fraction of sp³-hybridized carbons (Fsp3) is 0.341. The van der Waals surface area contributed by atoms with Gasteiger partial charge in [-0.15, -0.1) is 8.78 Å². The van der Waals surface area contributed by atoms with E-state index in [1.54, 1.807) is 56.3 Å². The Balaban J connectivity index is 1.20. The Morgan fingerprint density at radius 1 is 0.922 bits per heavy atom. The van der Waals surface area contributed by atoms with Gasteiger partial charge in [0.25, 0.3) is 0 Å². The summed E-state index contributed by atoms with van der Waals surface area (Å²) in [4.78, 5) is 13.8. The number of carbonyl (C=O) groups is 1. The molecule has 1 N–H and O–H groups in total. The monoisotopic (exact) mass is 703 g/mol. The van der Waals surface area contributed by atoms with Crippen molar-refractivity contribution in [3.05, 3.63) is 131 Å². The van der Waals surface area contributed by atoms with Gasteiger partial charge >= 0.3 is 6.29 Å². The lowest BCUT2D eigenvalue weighted by Crippen LogP contribution is -2.30. The average molecular weight is 704 g/mol. The molecule has 51 heavy (non-hydrogen) atoms. The number of ether oxygens (including phenoxy) is 4. The fourth-order valence-electron chi connectivity index (χ4n) is 6.56. The normalized spacial score (nSPS) is 18.1. The standard InChI is InChI=1S/C41H40F3NO6/c1-39(2,26-49-24-28-11-7-4-8-12-28)37-18-30-17-29(19-38(47)40(15-16-40)31-13-14-35-36(20-31)51-41(43,44)50-35)33(42)21-34(30)45(37)22-32(46)25-48-23-27-9-5-3-6-10-27/h3-14,17-18,20-21,32,46H,15-16,19,22-26H2,1-2H3/i25D2,26D2. The maximum absolute atomic E-state index is 16.1. The maximum atomic E-state index is 16.1. The number of nitrogens with zero attached hydrogens (tertiary/aromatic N) is 1. The number of rotatable bonds is 15. The number of aromatic nitrogens is 1. The zero-order valence-electron chi connectivity index (χ0n) is 32.1. The molecule has 1 aliphatic carbocycles. The van der Waals surface area contributed by atoms with E-state index in [2.05, 4.69) is 9.47 Å². The Bertz CT molecular complexity index is 2210. The third kappa shape index (κ3) is 7.54. The Kier molecular flexibility index (Phi) is 8.14. The number of hydrogen-bond acceptors (Lipinski definition) is 6. The number of carbonyl (C=O) groups excluding carboxylic acids is 1. The Morgan fingerprint density at radius 3 is 2.24 bits per heavy atom. The second-order valence-electron chi connectivity index (χ2n) is 13.6. The van der Waals surface area contributed by atoms with Crippen molar-refractivity contribution >= 4 is 16.7 Å². The van der Waals surface area contributed by atoms with Gasteiger partial charge in [0.05, 0.1) is 55.4 Å². The molecule has 10 heteroatoms. The van der Waals surface area contributed by atoms with E-state index in [1.807, 2.05) is 24.3 Å². The highest BCUT2D eigenvalue weighted by molar-refractivity contribution is 5.95. The minimum Gasteiger partial charge on any atom is -0.395 e. The van der Waals surface area contributed by atoms with Crippen molar-refractivity contribution in [3.63, 3.8) is 0 Å². The van der Waals surface area contributed by atoms with Crippen LogP contribution in [-0.4, -0.2) is 41.0 Å². The molecule has 4 aromatic carbocycles. The first-order chi connectivity index (χ1) is 25.9. The second kappa shape index (κ2) is 13.8. The predicted octanol–water partition coefficient (Wildman–Crippen LogP) is 8.02. The number of aliphatic hydroxyl groups is 1. The largest absolute Gasteiger partial charge is 0.586 e. The highest BCUT2D eigenvalue weighted by atomic mass is 19.3. The Hall–Kier alpha value is -4.64. The number of halogens is 3. The Labute approximate surface area is 300 Å². The van der Waals surface area contributed by atoms with E-state index in [0.29, 0.717) is 29.4 Å². The van der Waals surface area contributed by atoms with Crippen molar-refractivity contribution < 1.29 is 47.5 Å². The van der Waals surface area contributed by atoms with E-state index < -0.39 is 48.7 Å². The van der Waals surface area contributed by atoms with Crippen LogP contribution in [0.4, 0.5) is 13.2 Å². The number of fused-ring (bicyclic) bond motifs is 2. The number of ketones is 1. The molecule has 0 amide bonds. The van der Waals surface area contributed by atoms with E-state index in [1.165, 1.54) is 34.9 Å². The lowest BCUT2D eigenvalue weighted by molar-refractivity contribution is -0.286. The first-order valence-corrected chi connectivity index (χ1v) is 16.7. The zero-order valence-corrected chi connectivity index (χ0v) is 28.1. The predicted molar refractivity (Wildman–Crippen MR) is 185 cm³/mol. The van der Waals surface area contributed by atoms with Crippen LogP contribution in [0.2, 0.25) is 0 Å². The first-order valence-electron chi connectivity index (χ1n) is 18.7. The second-order valence-corrected chi connectivity index (χ2v) is 13.6. The summed E-state index contributed by atoms with van der Waals surface area (Å²) in [6, 6.07) is 26.5. The van der Waals surface area contributed by atoms with Crippen molar-refractivity contribution in [2.24, 2.45) is 0 Å². The number of benzene rings is 4. The molecule has 5 aromatic rings. The summed E-state index contributed by atoms with van der Waals surface area (Å²) >= 11 is 0. The van der Waals surface area contributed by atoms with E-state index in [0.717, 1.165) is 5.56 Å². The minimum absolute atomic E-state index is 0.0512. The molecular formula is C41H40F3NO6. The molecule has 2 aliphatic rings. The molecule has 1 saturated carbocycles. The van der Waals surface area contributed by atoms with Crippen LogP contribution in [0, 0.1) is 5.82 Å². The van der Waals surface area contributed by atoms with Gasteiger partial charge in [-0.1, -0.05) is 80.6 Å². The van der Waals surface area contributed by atoms with Crippen LogP contribution in [0.1, 0.15) is 60.1 Å². The van der Waals surface area contributed by atoms with Crippen LogP contribution >= 0.6 is 0 Å². The summed E-state index contributed by atoms with van der Waals surface area (Å²) in [7, 11) is 0. The quantitative estimate of drug-likeness (QED) is 0.119. The molecule has 0 bridgehead atoms. The van der Waals surface area contributed by atoms with Crippen molar-refractivity contribution in [2.45, 2.75) is 76.1 Å². The third-order valence-corrected chi connectivity index (χ3v) is 9.36. The van der Waals surface area contributed by atoms with Crippen molar-refractivity contribution in [1.82, 2.24) is 4.57 Å². The van der Waals surface area contributed by atoms with Gasteiger partial charge in [0.1, 0.15) is 11.6 Å². The molecule has 1 unspecified atom stereocenters. The molecule has 1 aromatic heterocycles. The van der Waals surface area contributed by atoms with Crippen LogP contribution in [0.25, 0.3) is 10.9 Å². The number of Topliss-reactive ketones (excluding diaryl/α,β-unsaturated/α-hetero) is 1. The van der Waals surface area contributed by atoms with Gasteiger partial charge in [-0.2, -0.15) is 0 Å². The Morgan fingerprint density at radius 2 is 1.57 bits per heavy atom. The molecule has 2 heterocycles. The number of alkyl halides is 2. The van der Waals surface area contributed by atoms with Crippen LogP contribution in [0.3, 0.4) is 0 Å². The smallest absolute Gasteiger partial charge is 0.395 e. The van der Waals surface area contributed by atoms with Gasteiger partial charge in [0, 0.05) is 22.9 Å². The van der Waals surface area contributed by atoms with E-state index >= 15 is 4.39 Å². The summed E-state index contributed by atoms with van der Waals surface area (Å²) in [5, 5.41) is 11.7. The van der Waals surface area contributed by atoms with Crippen LogP contribution in [-0.2, 0) is 51.3 Å². The van der Waals surface area contributed by atoms with Crippen molar-refractivity contribution in [2.75, 3.05) is 13.1 Å². The van der Waals surface area contributed by atoms with Crippen molar-refractivity contribution in [1.29, 1.82) is 0 Å².